The number of rotatable bonds is 4. The molecule has 88 valence electrons. The topological polar surface area (TPSA) is 48.7 Å². The molecule has 0 spiro atoms. The molecule has 0 saturated carbocycles. The van der Waals surface area contributed by atoms with Crippen molar-refractivity contribution in [2.24, 2.45) is 0 Å². The summed E-state index contributed by atoms with van der Waals surface area (Å²) >= 11 is 1.80. The molecule has 4 nitrogen and oxygen atoms in total. The first-order chi connectivity index (χ1) is 7.70. The molecule has 0 N–H and O–H groups in total. The summed E-state index contributed by atoms with van der Waals surface area (Å²) in [6.45, 7) is 3.67. The fourth-order valence-electron chi connectivity index (χ4n) is 1.43. The molecule has 2 heterocycles. The minimum absolute atomic E-state index is 0.229. The van der Waals surface area contributed by atoms with Crippen molar-refractivity contribution in [1.82, 2.24) is 0 Å². The third-order valence-electron chi connectivity index (χ3n) is 2.42. The van der Waals surface area contributed by atoms with Crippen molar-refractivity contribution < 1.29 is 18.7 Å². The minimum atomic E-state index is -0.435. The number of hydrogen-bond donors (Lipinski definition) is 0. The normalized spacial score (nSPS) is 17.9. The molecular formula is C11H14O4S. The second-order valence-corrected chi connectivity index (χ2v) is 5.28. The number of carbonyl (C=O) groups excluding carboxylic acids is 1. The second kappa shape index (κ2) is 4.93. The third kappa shape index (κ3) is 2.41. The predicted molar refractivity (Wildman–Crippen MR) is 60.7 cm³/mol. The van der Waals surface area contributed by atoms with Crippen molar-refractivity contribution >= 4 is 17.7 Å². The Morgan fingerprint density at radius 1 is 1.56 bits per heavy atom. The SMILES string of the molecule is COC(=O)c1ccc(C(C)SC2COC2)o1. The summed E-state index contributed by atoms with van der Waals surface area (Å²) < 4.78 is 15.1. The van der Waals surface area contributed by atoms with Gasteiger partial charge in [-0.1, -0.05) is 0 Å². The Labute approximate surface area is 98.3 Å². The van der Waals surface area contributed by atoms with Crippen LogP contribution in [0.15, 0.2) is 16.5 Å². The first kappa shape index (κ1) is 11.5. The lowest BCUT2D eigenvalue weighted by Gasteiger charge is -2.27. The molecule has 5 heteroatoms. The molecule has 2 rings (SSSR count). The van der Waals surface area contributed by atoms with Crippen molar-refractivity contribution in [2.45, 2.75) is 17.4 Å². The summed E-state index contributed by atoms with van der Waals surface area (Å²) in [4.78, 5) is 11.2. The van der Waals surface area contributed by atoms with Gasteiger partial charge in [-0.15, -0.1) is 11.8 Å². The van der Waals surface area contributed by atoms with Crippen molar-refractivity contribution in [1.29, 1.82) is 0 Å². The van der Waals surface area contributed by atoms with Gasteiger partial charge in [0, 0.05) is 0 Å². The van der Waals surface area contributed by atoms with Crippen LogP contribution in [0.1, 0.15) is 28.5 Å². The van der Waals surface area contributed by atoms with Gasteiger partial charge in [0.05, 0.1) is 30.8 Å². The van der Waals surface area contributed by atoms with Crippen LogP contribution in [0.5, 0.6) is 0 Å². The number of furan rings is 1. The van der Waals surface area contributed by atoms with Crippen LogP contribution in [0.3, 0.4) is 0 Å². The molecule has 0 amide bonds. The largest absolute Gasteiger partial charge is 0.463 e. The monoisotopic (exact) mass is 242 g/mol. The molecule has 1 aliphatic rings. The van der Waals surface area contributed by atoms with E-state index in [-0.39, 0.29) is 11.0 Å². The number of methoxy groups -OCH3 is 1. The van der Waals surface area contributed by atoms with Gasteiger partial charge in [-0.05, 0) is 19.1 Å². The molecule has 0 aliphatic carbocycles. The van der Waals surface area contributed by atoms with E-state index in [0.717, 1.165) is 19.0 Å². The average Bonchev–Trinajstić information content (AvgIpc) is 2.71. The molecule has 1 saturated heterocycles. The number of carbonyl (C=O) groups is 1. The predicted octanol–water partition coefficient (Wildman–Crippen LogP) is 2.26. The lowest BCUT2D eigenvalue weighted by Crippen LogP contribution is -2.30. The Kier molecular flexibility index (Phi) is 3.56. The van der Waals surface area contributed by atoms with E-state index >= 15 is 0 Å². The van der Waals surface area contributed by atoms with E-state index < -0.39 is 5.97 Å². The van der Waals surface area contributed by atoms with Gasteiger partial charge in [-0.2, -0.15) is 0 Å². The first-order valence-electron chi connectivity index (χ1n) is 5.12. The van der Waals surface area contributed by atoms with Gasteiger partial charge in [-0.25, -0.2) is 4.79 Å². The molecule has 0 radical (unpaired) electrons. The summed E-state index contributed by atoms with van der Waals surface area (Å²) in [7, 11) is 1.34. The average molecular weight is 242 g/mol. The van der Waals surface area contributed by atoms with Gasteiger partial charge in [0.1, 0.15) is 5.76 Å². The van der Waals surface area contributed by atoms with Gasteiger partial charge < -0.3 is 13.9 Å². The van der Waals surface area contributed by atoms with Crippen LogP contribution < -0.4 is 0 Å². The van der Waals surface area contributed by atoms with Crippen LogP contribution in [0, 0.1) is 0 Å². The van der Waals surface area contributed by atoms with Crippen LogP contribution >= 0.6 is 11.8 Å². The highest BCUT2D eigenvalue weighted by molar-refractivity contribution is 8.00. The smallest absolute Gasteiger partial charge is 0.373 e. The van der Waals surface area contributed by atoms with Crippen LogP contribution in [0.2, 0.25) is 0 Å². The van der Waals surface area contributed by atoms with Gasteiger partial charge in [0.25, 0.3) is 0 Å². The Morgan fingerprint density at radius 2 is 2.31 bits per heavy atom. The Hall–Kier alpha value is -0.940. The first-order valence-corrected chi connectivity index (χ1v) is 6.06. The van der Waals surface area contributed by atoms with E-state index in [2.05, 4.69) is 11.7 Å². The number of thioether (sulfide) groups is 1. The van der Waals surface area contributed by atoms with Crippen molar-refractivity contribution in [3.8, 4) is 0 Å². The zero-order valence-electron chi connectivity index (χ0n) is 9.26. The highest BCUT2D eigenvalue weighted by Gasteiger charge is 2.24. The molecule has 0 aromatic carbocycles. The zero-order chi connectivity index (χ0) is 11.5. The molecule has 1 atom stereocenters. The fraction of sp³-hybridized carbons (Fsp3) is 0.545. The van der Waals surface area contributed by atoms with Crippen LogP contribution in [-0.2, 0) is 9.47 Å². The Balaban J connectivity index is 1.97. The molecule has 1 aromatic rings. The van der Waals surface area contributed by atoms with E-state index in [0.29, 0.717) is 5.25 Å². The van der Waals surface area contributed by atoms with Crippen LogP contribution in [0.4, 0.5) is 0 Å². The quantitative estimate of drug-likeness (QED) is 0.758. The van der Waals surface area contributed by atoms with E-state index in [9.17, 15) is 4.79 Å². The molecule has 0 bridgehead atoms. The van der Waals surface area contributed by atoms with E-state index in [1.54, 1.807) is 17.8 Å². The van der Waals surface area contributed by atoms with Crippen molar-refractivity contribution in [3.63, 3.8) is 0 Å². The molecular weight excluding hydrogens is 228 g/mol. The van der Waals surface area contributed by atoms with Gasteiger partial charge in [0.15, 0.2) is 0 Å². The lowest BCUT2D eigenvalue weighted by atomic mass is 10.3. The summed E-state index contributed by atoms with van der Waals surface area (Å²) in [5, 5.41) is 0.772. The molecule has 1 fully saturated rings. The molecule has 1 aliphatic heterocycles. The van der Waals surface area contributed by atoms with E-state index in [1.807, 2.05) is 6.07 Å². The number of ether oxygens (including phenoxy) is 2. The lowest BCUT2D eigenvalue weighted by molar-refractivity contribution is 0.0452. The minimum Gasteiger partial charge on any atom is -0.463 e. The second-order valence-electron chi connectivity index (χ2n) is 3.63. The van der Waals surface area contributed by atoms with Crippen molar-refractivity contribution in [2.75, 3.05) is 20.3 Å². The van der Waals surface area contributed by atoms with Gasteiger partial charge in [0.2, 0.25) is 5.76 Å². The molecule has 16 heavy (non-hydrogen) atoms. The van der Waals surface area contributed by atoms with Crippen LogP contribution in [-0.4, -0.2) is 31.5 Å². The zero-order valence-corrected chi connectivity index (χ0v) is 10.1. The Bertz CT molecular complexity index is 370. The summed E-state index contributed by atoms with van der Waals surface area (Å²) in [5.41, 5.74) is 0. The maximum absolute atomic E-state index is 11.2. The van der Waals surface area contributed by atoms with E-state index in [4.69, 9.17) is 9.15 Å². The van der Waals surface area contributed by atoms with Gasteiger partial charge in [-0.3, -0.25) is 0 Å². The van der Waals surface area contributed by atoms with E-state index in [1.165, 1.54) is 7.11 Å². The maximum atomic E-state index is 11.2. The summed E-state index contributed by atoms with van der Waals surface area (Å²) in [6, 6.07) is 3.47. The molecule has 1 aromatic heterocycles. The highest BCUT2D eigenvalue weighted by Crippen LogP contribution is 2.35. The van der Waals surface area contributed by atoms with Crippen molar-refractivity contribution in [3.05, 3.63) is 23.7 Å². The number of esters is 1. The third-order valence-corrected chi connectivity index (χ3v) is 3.72. The van der Waals surface area contributed by atoms with Crippen LogP contribution in [0.25, 0.3) is 0 Å². The fourth-order valence-corrected chi connectivity index (χ4v) is 2.62. The summed E-state index contributed by atoms with van der Waals surface area (Å²) in [6.07, 6.45) is 0. The Morgan fingerprint density at radius 3 is 2.88 bits per heavy atom. The summed E-state index contributed by atoms with van der Waals surface area (Å²) in [5.74, 6) is 0.627. The number of hydrogen-bond acceptors (Lipinski definition) is 5. The highest BCUT2D eigenvalue weighted by atomic mass is 32.2. The molecule has 1 unspecified atom stereocenters. The van der Waals surface area contributed by atoms with Gasteiger partial charge >= 0.3 is 5.97 Å². The standard InChI is InChI=1S/C11H14O4S/c1-7(16-8-5-14-6-8)9-3-4-10(15-9)11(12)13-2/h3-4,7-8H,5-6H2,1-2H3. The maximum Gasteiger partial charge on any atom is 0.373 e.